The molecule has 1 heterocycles. The zero-order valence-electron chi connectivity index (χ0n) is 14.4. The van der Waals surface area contributed by atoms with Crippen LogP contribution < -0.4 is 20.9 Å². The lowest BCUT2D eigenvalue weighted by molar-refractivity contribution is 0.428. The van der Waals surface area contributed by atoms with Crippen molar-refractivity contribution in [1.82, 2.24) is 20.9 Å². The molecule has 1 rings (SSSR count). The van der Waals surface area contributed by atoms with Crippen molar-refractivity contribution in [3.8, 4) is 0 Å². The van der Waals surface area contributed by atoms with Crippen LogP contribution in [0.15, 0.2) is 10.4 Å². The smallest absolute Gasteiger partial charge is 0.191 e. The third-order valence-electron chi connectivity index (χ3n) is 2.66. The molecule has 0 aromatic carbocycles. The Morgan fingerprint density at radius 2 is 1.95 bits per heavy atom. The standard InChI is InChI=1S/C14H28N6S.HI/c1-14(2,3)18-8-7-16-12(15-4)17-9-11-10-21-13(19-11)20(5)6;/h10,18H,7-9H2,1-6H3,(H2,15,16,17);1H. The van der Waals surface area contributed by atoms with Crippen LogP contribution in [0, 0.1) is 0 Å². The topological polar surface area (TPSA) is 64.6 Å². The molecule has 128 valence electrons. The summed E-state index contributed by atoms with van der Waals surface area (Å²) >= 11 is 1.65. The summed E-state index contributed by atoms with van der Waals surface area (Å²) in [7, 11) is 5.77. The largest absolute Gasteiger partial charge is 0.355 e. The number of hydrogen-bond acceptors (Lipinski definition) is 5. The molecule has 1 aromatic heterocycles. The van der Waals surface area contributed by atoms with Gasteiger partial charge in [-0.25, -0.2) is 4.98 Å². The molecule has 0 atom stereocenters. The molecule has 0 aliphatic carbocycles. The van der Waals surface area contributed by atoms with Gasteiger partial charge in [0.15, 0.2) is 11.1 Å². The number of hydrogen-bond donors (Lipinski definition) is 3. The molecule has 0 saturated heterocycles. The summed E-state index contributed by atoms with van der Waals surface area (Å²) in [6.45, 7) is 8.87. The number of halogens is 1. The summed E-state index contributed by atoms with van der Waals surface area (Å²) in [6.07, 6.45) is 0. The first-order valence-electron chi connectivity index (χ1n) is 7.13. The second kappa shape index (κ2) is 10.2. The lowest BCUT2D eigenvalue weighted by Crippen LogP contribution is -2.44. The molecule has 0 bridgehead atoms. The van der Waals surface area contributed by atoms with Crippen LogP contribution in [0.4, 0.5) is 5.13 Å². The number of nitrogens with zero attached hydrogens (tertiary/aromatic N) is 3. The van der Waals surface area contributed by atoms with Crippen molar-refractivity contribution < 1.29 is 0 Å². The number of guanidine groups is 1. The minimum Gasteiger partial charge on any atom is -0.355 e. The summed E-state index contributed by atoms with van der Waals surface area (Å²) in [4.78, 5) is 10.8. The van der Waals surface area contributed by atoms with E-state index in [4.69, 9.17) is 0 Å². The fraction of sp³-hybridized carbons (Fsp3) is 0.714. The average molecular weight is 440 g/mol. The van der Waals surface area contributed by atoms with Crippen molar-refractivity contribution >= 4 is 46.4 Å². The molecule has 0 unspecified atom stereocenters. The second-order valence-corrected chi connectivity index (χ2v) is 6.88. The van der Waals surface area contributed by atoms with E-state index in [1.807, 2.05) is 19.0 Å². The van der Waals surface area contributed by atoms with Crippen molar-refractivity contribution in [2.75, 3.05) is 39.1 Å². The van der Waals surface area contributed by atoms with Crippen LogP contribution in [0.3, 0.4) is 0 Å². The quantitative estimate of drug-likeness (QED) is 0.273. The van der Waals surface area contributed by atoms with Gasteiger partial charge in [-0.05, 0) is 20.8 Å². The molecule has 22 heavy (non-hydrogen) atoms. The summed E-state index contributed by atoms with van der Waals surface area (Å²) < 4.78 is 0. The molecule has 1 aromatic rings. The molecule has 0 aliphatic rings. The van der Waals surface area contributed by atoms with Crippen LogP contribution in [-0.4, -0.2) is 50.7 Å². The normalized spacial score (nSPS) is 11.8. The van der Waals surface area contributed by atoms with Crippen molar-refractivity contribution in [1.29, 1.82) is 0 Å². The Morgan fingerprint density at radius 1 is 1.27 bits per heavy atom. The highest BCUT2D eigenvalue weighted by atomic mass is 127. The maximum atomic E-state index is 4.53. The highest BCUT2D eigenvalue weighted by molar-refractivity contribution is 14.0. The number of anilines is 1. The lowest BCUT2D eigenvalue weighted by atomic mass is 10.1. The fourth-order valence-corrected chi connectivity index (χ4v) is 2.35. The first-order valence-corrected chi connectivity index (χ1v) is 8.01. The first-order chi connectivity index (χ1) is 9.81. The molecule has 3 N–H and O–H groups in total. The predicted molar refractivity (Wildman–Crippen MR) is 108 cm³/mol. The molecule has 0 amide bonds. The van der Waals surface area contributed by atoms with Gasteiger partial charge < -0.3 is 20.9 Å². The maximum Gasteiger partial charge on any atom is 0.191 e. The molecule has 8 heteroatoms. The molecular formula is C14H29IN6S. The van der Waals surface area contributed by atoms with Crippen LogP contribution in [0.25, 0.3) is 0 Å². The summed E-state index contributed by atoms with van der Waals surface area (Å²) in [5.74, 6) is 0.796. The Labute approximate surface area is 155 Å². The van der Waals surface area contributed by atoms with E-state index < -0.39 is 0 Å². The van der Waals surface area contributed by atoms with Crippen molar-refractivity contribution in [3.63, 3.8) is 0 Å². The van der Waals surface area contributed by atoms with Crippen molar-refractivity contribution in [2.45, 2.75) is 32.9 Å². The van der Waals surface area contributed by atoms with E-state index in [1.165, 1.54) is 0 Å². The average Bonchev–Trinajstić information content (AvgIpc) is 2.85. The monoisotopic (exact) mass is 440 g/mol. The Balaban J connectivity index is 0.00000441. The van der Waals surface area contributed by atoms with Gasteiger partial charge in [0.05, 0.1) is 12.2 Å². The maximum absolute atomic E-state index is 4.53. The summed E-state index contributed by atoms with van der Waals surface area (Å²) in [6, 6.07) is 0. The van der Waals surface area contributed by atoms with Crippen molar-refractivity contribution in [3.05, 3.63) is 11.1 Å². The van der Waals surface area contributed by atoms with Gasteiger partial charge in [-0.1, -0.05) is 0 Å². The molecule has 0 aliphatic heterocycles. The van der Waals surface area contributed by atoms with E-state index in [2.05, 4.69) is 52.1 Å². The molecule has 0 radical (unpaired) electrons. The number of thiazole rings is 1. The van der Waals surface area contributed by atoms with Gasteiger partial charge in [0.2, 0.25) is 0 Å². The number of rotatable bonds is 6. The van der Waals surface area contributed by atoms with Crippen LogP contribution in [-0.2, 0) is 6.54 Å². The lowest BCUT2D eigenvalue weighted by Gasteiger charge is -2.21. The fourth-order valence-electron chi connectivity index (χ4n) is 1.60. The third kappa shape index (κ3) is 8.74. The summed E-state index contributed by atoms with van der Waals surface area (Å²) in [5.41, 5.74) is 1.17. The SMILES string of the molecule is CN=C(NCCNC(C)(C)C)NCc1csc(N(C)C)n1.I. The van der Waals surface area contributed by atoms with Crippen molar-refractivity contribution in [2.24, 2.45) is 4.99 Å². The van der Waals surface area contributed by atoms with Gasteiger partial charge in [0, 0.05) is 45.2 Å². The Bertz CT molecular complexity index is 452. The van der Waals surface area contributed by atoms with E-state index in [1.54, 1.807) is 18.4 Å². The van der Waals surface area contributed by atoms with Gasteiger partial charge in [-0.3, -0.25) is 4.99 Å². The highest BCUT2D eigenvalue weighted by Crippen LogP contribution is 2.17. The van der Waals surface area contributed by atoms with Crippen LogP contribution in [0.2, 0.25) is 0 Å². The van der Waals surface area contributed by atoms with Gasteiger partial charge in [0.25, 0.3) is 0 Å². The van der Waals surface area contributed by atoms with E-state index >= 15 is 0 Å². The molecule has 0 fully saturated rings. The number of aromatic nitrogens is 1. The second-order valence-electron chi connectivity index (χ2n) is 6.05. The third-order valence-corrected chi connectivity index (χ3v) is 3.71. The van der Waals surface area contributed by atoms with E-state index in [9.17, 15) is 0 Å². The predicted octanol–water partition coefficient (Wildman–Crippen LogP) is 1.88. The summed E-state index contributed by atoms with van der Waals surface area (Å²) in [5, 5.41) is 13.1. The van der Waals surface area contributed by atoms with Gasteiger partial charge in [0.1, 0.15) is 0 Å². The minimum absolute atomic E-state index is 0. The number of nitrogens with one attached hydrogen (secondary N) is 3. The minimum atomic E-state index is 0. The Hall–Kier alpha value is -0.610. The van der Waals surface area contributed by atoms with Crippen LogP contribution in [0.1, 0.15) is 26.5 Å². The zero-order valence-corrected chi connectivity index (χ0v) is 17.5. The molecule has 0 spiro atoms. The Kier molecular flexibility index (Phi) is 9.94. The zero-order chi connectivity index (χ0) is 15.9. The van der Waals surface area contributed by atoms with E-state index in [-0.39, 0.29) is 29.5 Å². The van der Waals surface area contributed by atoms with Gasteiger partial charge in [-0.15, -0.1) is 35.3 Å². The first kappa shape index (κ1) is 21.4. The van der Waals surface area contributed by atoms with Gasteiger partial charge >= 0.3 is 0 Å². The molecule has 0 saturated carbocycles. The van der Waals surface area contributed by atoms with Crippen LogP contribution >= 0.6 is 35.3 Å². The Morgan fingerprint density at radius 3 is 2.45 bits per heavy atom. The molecule has 6 nitrogen and oxygen atoms in total. The van der Waals surface area contributed by atoms with E-state index in [0.29, 0.717) is 6.54 Å². The van der Waals surface area contributed by atoms with E-state index in [0.717, 1.165) is 29.9 Å². The number of aliphatic imine (C=N–C) groups is 1. The van der Waals surface area contributed by atoms with Crippen LogP contribution in [0.5, 0.6) is 0 Å². The highest BCUT2D eigenvalue weighted by Gasteiger charge is 2.08. The van der Waals surface area contributed by atoms with Gasteiger partial charge in [-0.2, -0.15) is 0 Å². The molecular weight excluding hydrogens is 411 g/mol.